The third kappa shape index (κ3) is 4.47. The zero-order valence-corrected chi connectivity index (χ0v) is 11.4. The van der Waals surface area contributed by atoms with E-state index in [1.807, 2.05) is 6.07 Å². The molecule has 0 radical (unpaired) electrons. The Hall–Kier alpha value is -1.39. The number of hydrazine groups is 1. The van der Waals surface area contributed by atoms with Crippen LogP contribution in [0.2, 0.25) is 0 Å². The molecule has 0 fully saturated rings. The number of rotatable bonds is 6. The Morgan fingerprint density at radius 3 is 2.72 bits per heavy atom. The van der Waals surface area contributed by atoms with Crippen LogP contribution < -0.4 is 11.3 Å². The molecule has 1 aromatic rings. The number of nitrogens with one attached hydrogen (secondary N) is 1. The van der Waals surface area contributed by atoms with Crippen molar-refractivity contribution in [3.63, 3.8) is 0 Å². The van der Waals surface area contributed by atoms with Gasteiger partial charge in [-0.2, -0.15) is 0 Å². The second kappa shape index (κ2) is 7.13. The molecule has 3 N–H and O–H groups in total. The maximum absolute atomic E-state index is 11.1. The molecule has 1 atom stereocenters. The molecule has 0 saturated heterocycles. The van der Waals surface area contributed by atoms with Gasteiger partial charge in [0.05, 0.1) is 0 Å². The second-order valence-electron chi connectivity index (χ2n) is 4.80. The summed E-state index contributed by atoms with van der Waals surface area (Å²) in [5.74, 6) is 4.96. The number of amides is 1. The van der Waals surface area contributed by atoms with Crippen LogP contribution in [0.25, 0.3) is 0 Å². The number of benzene rings is 1. The Labute approximate surface area is 109 Å². The van der Waals surface area contributed by atoms with E-state index in [-0.39, 0.29) is 5.91 Å². The van der Waals surface area contributed by atoms with Crippen LogP contribution in [0.4, 0.5) is 0 Å². The first-order valence-corrected chi connectivity index (χ1v) is 6.28. The summed E-state index contributed by atoms with van der Waals surface area (Å²) in [6.07, 6.45) is 1.28. The third-order valence-electron chi connectivity index (χ3n) is 3.38. The lowest BCUT2D eigenvalue weighted by atomic mass is 10.1. The number of nitrogens with zero attached hydrogens (tertiary/aromatic N) is 1. The van der Waals surface area contributed by atoms with Crippen LogP contribution >= 0.6 is 0 Å². The monoisotopic (exact) mass is 249 g/mol. The number of aryl methyl sites for hydroxylation is 1. The van der Waals surface area contributed by atoms with Crippen molar-refractivity contribution in [1.82, 2.24) is 10.3 Å². The van der Waals surface area contributed by atoms with Gasteiger partial charge in [-0.15, -0.1) is 0 Å². The minimum absolute atomic E-state index is 0.105. The molecule has 0 aliphatic rings. The van der Waals surface area contributed by atoms with Gasteiger partial charge in [-0.1, -0.05) is 24.3 Å². The fourth-order valence-corrected chi connectivity index (χ4v) is 1.84. The molecule has 1 aromatic carbocycles. The van der Waals surface area contributed by atoms with Gasteiger partial charge in [0, 0.05) is 19.0 Å². The number of carbonyl (C=O) groups is 1. The molecule has 0 saturated carbocycles. The molecule has 4 heteroatoms. The second-order valence-corrected chi connectivity index (χ2v) is 4.80. The number of carbonyl (C=O) groups excluding carboxylic acids is 1. The van der Waals surface area contributed by atoms with Crippen molar-refractivity contribution in [2.24, 2.45) is 5.84 Å². The maximum Gasteiger partial charge on any atom is 0.233 e. The van der Waals surface area contributed by atoms with Crippen LogP contribution in [0.15, 0.2) is 24.3 Å². The largest absolute Gasteiger partial charge is 0.299 e. The van der Waals surface area contributed by atoms with Crippen molar-refractivity contribution in [2.75, 3.05) is 7.05 Å². The first-order valence-electron chi connectivity index (χ1n) is 6.28. The molecular weight excluding hydrogens is 226 g/mol. The smallest absolute Gasteiger partial charge is 0.233 e. The third-order valence-corrected chi connectivity index (χ3v) is 3.38. The Balaban J connectivity index is 2.47. The van der Waals surface area contributed by atoms with Crippen molar-refractivity contribution in [3.05, 3.63) is 35.4 Å². The van der Waals surface area contributed by atoms with Crippen LogP contribution in [0.3, 0.4) is 0 Å². The molecule has 1 rings (SSSR count). The van der Waals surface area contributed by atoms with E-state index in [0.717, 1.165) is 13.0 Å². The minimum atomic E-state index is -0.105. The summed E-state index contributed by atoms with van der Waals surface area (Å²) in [4.78, 5) is 13.4. The zero-order valence-electron chi connectivity index (χ0n) is 11.4. The average molecular weight is 249 g/mol. The van der Waals surface area contributed by atoms with Crippen LogP contribution in [0.1, 0.15) is 30.9 Å². The first-order chi connectivity index (χ1) is 8.54. The van der Waals surface area contributed by atoms with Gasteiger partial charge in [0.25, 0.3) is 0 Å². The molecule has 0 aromatic heterocycles. The SMILES string of the molecule is Cc1ccccc1CN(C)C(C)CCC(=O)NN. The van der Waals surface area contributed by atoms with Crippen LogP contribution in [0, 0.1) is 6.92 Å². The first kappa shape index (κ1) is 14.7. The highest BCUT2D eigenvalue weighted by atomic mass is 16.2. The highest BCUT2D eigenvalue weighted by molar-refractivity contribution is 5.75. The summed E-state index contributed by atoms with van der Waals surface area (Å²) in [7, 11) is 2.08. The number of hydrogen-bond donors (Lipinski definition) is 2. The van der Waals surface area contributed by atoms with Crippen molar-refractivity contribution < 1.29 is 4.79 Å². The molecular formula is C14H23N3O. The summed E-state index contributed by atoms with van der Waals surface area (Å²) >= 11 is 0. The van der Waals surface area contributed by atoms with Crippen LogP contribution in [-0.2, 0) is 11.3 Å². The number of hydrogen-bond acceptors (Lipinski definition) is 3. The van der Waals surface area contributed by atoms with Gasteiger partial charge in [0.2, 0.25) is 5.91 Å². The van der Waals surface area contributed by atoms with Crippen molar-refractivity contribution >= 4 is 5.91 Å². The highest BCUT2D eigenvalue weighted by Gasteiger charge is 2.12. The van der Waals surface area contributed by atoms with Gasteiger partial charge < -0.3 is 0 Å². The molecule has 100 valence electrons. The zero-order chi connectivity index (χ0) is 13.5. The average Bonchev–Trinajstić information content (AvgIpc) is 2.38. The maximum atomic E-state index is 11.1. The predicted molar refractivity (Wildman–Crippen MR) is 73.7 cm³/mol. The van der Waals surface area contributed by atoms with E-state index >= 15 is 0 Å². The molecule has 4 nitrogen and oxygen atoms in total. The fourth-order valence-electron chi connectivity index (χ4n) is 1.84. The summed E-state index contributed by atoms with van der Waals surface area (Å²) in [6.45, 7) is 5.15. The van der Waals surface area contributed by atoms with Crippen molar-refractivity contribution in [3.8, 4) is 0 Å². The predicted octanol–water partition coefficient (Wildman–Crippen LogP) is 1.59. The standard InChI is InChI=1S/C14H23N3O/c1-11-6-4-5-7-13(11)10-17(3)12(2)8-9-14(18)16-15/h4-7,12H,8-10,15H2,1-3H3,(H,16,18). The minimum Gasteiger partial charge on any atom is -0.299 e. The topological polar surface area (TPSA) is 58.4 Å². The van der Waals surface area contributed by atoms with E-state index in [1.54, 1.807) is 0 Å². The molecule has 0 bridgehead atoms. The highest BCUT2D eigenvalue weighted by Crippen LogP contribution is 2.13. The molecule has 1 unspecified atom stereocenters. The van der Waals surface area contributed by atoms with E-state index < -0.39 is 0 Å². The Morgan fingerprint density at radius 1 is 1.44 bits per heavy atom. The van der Waals surface area contributed by atoms with Gasteiger partial charge in [-0.25, -0.2) is 5.84 Å². The van der Waals surface area contributed by atoms with Gasteiger partial charge in [-0.05, 0) is 38.4 Å². The molecule has 0 spiro atoms. The van der Waals surface area contributed by atoms with Gasteiger partial charge in [0.1, 0.15) is 0 Å². The lowest BCUT2D eigenvalue weighted by molar-refractivity contribution is -0.121. The quantitative estimate of drug-likeness (QED) is 0.457. The Kier molecular flexibility index (Phi) is 5.82. The molecule has 0 aliphatic heterocycles. The fraction of sp³-hybridized carbons (Fsp3) is 0.500. The normalized spacial score (nSPS) is 12.5. The lowest BCUT2D eigenvalue weighted by Crippen LogP contribution is -2.33. The molecule has 1 amide bonds. The van der Waals surface area contributed by atoms with E-state index in [4.69, 9.17) is 5.84 Å². The van der Waals surface area contributed by atoms with Gasteiger partial charge in [0.15, 0.2) is 0 Å². The molecule has 0 aliphatic carbocycles. The Bertz CT molecular complexity index is 392. The van der Waals surface area contributed by atoms with E-state index in [0.29, 0.717) is 12.5 Å². The summed E-state index contributed by atoms with van der Waals surface area (Å²) in [5, 5.41) is 0. The van der Waals surface area contributed by atoms with E-state index in [1.165, 1.54) is 11.1 Å². The van der Waals surface area contributed by atoms with Gasteiger partial charge >= 0.3 is 0 Å². The summed E-state index contributed by atoms with van der Waals surface area (Å²) in [6, 6.07) is 8.72. The van der Waals surface area contributed by atoms with Crippen molar-refractivity contribution in [1.29, 1.82) is 0 Å². The van der Waals surface area contributed by atoms with Crippen molar-refractivity contribution in [2.45, 2.75) is 39.3 Å². The Morgan fingerprint density at radius 2 is 2.11 bits per heavy atom. The van der Waals surface area contributed by atoms with Gasteiger partial charge in [-0.3, -0.25) is 15.1 Å². The molecule has 18 heavy (non-hydrogen) atoms. The lowest BCUT2D eigenvalue weighted by Gasteiger charge is -2.25. The van der Waals surface area contributed by atoms with E-state index in [9.17, 15) is 4.79 Å². The van der Waals surface area contributed by atoms with Crippen LogP contribution in [-0.4, -0.2) is 23.9 Å². The summed E-state index contributed by atoms with van der Waals surface area (Å²) < 4.78 is 0. The van der Waals surface area contributed by atoms with E-state index in [2.05, 4.69) is 49.4 Å². The number of nitrogens with two attached hydrogens (primary N) is 1. The molecule has 0 heterocycles. The summed E-state index contributed by atoms with van der Waals surface area (Å²) in [5.41, 5.74) is 4.79. The van der Waals surface area contributed by atoms with Crippen LogP contribution in [0.5, 0.6) is 0 Å².